The van der Waals surface area contributed by atoms with Crippen molar-refractivity contribution < 1.29 is 9.84 Å². The van der Waals surface area contributed by atoms with Gasteiger partial charge in [0.2, 0.25) is 0 Å². The van der Waals surface area contributed by atoms with Gasteiger partial charge < -0.3 is 14.7 Å². The van der Waals surface area contributed by atoms with Gasteiger partial charge >= 0.3 is 5.69 Å². The van der Waals surface area contributed by atoms with Crippen molar-refractivity contribution in [3.8, 4) is 6.07 Å². The molecule has 1 aromatic rings. The maximum absolute atomic E-state index is 12.1. The lowest BCUT2D eigenvalue weighted by atomic mass is 10.1. The van der Waals surface area contributed by atoms with Crippen LogP contribution in [-0.2, 0) is 18.8 Å². The zero-order valence-corrected chi connectivity index (χ0v) is 12.2. The van der Waals surface area contributed by atoms with E-state index in [4.69, 9.17) is 4.74 Å². The second-order valence-corrected chi connectivity index (χ2v) is 5.11. The van der Waals surface area contributed by atoms with Crippen LogP contribution in [-0.4, -0.2) is 46.1 Å². The summed E-state index contributed by atoms with van der Waals surface area (Å²) in [5, 5.41) is 18.9. The molecule has 0 amide bonds. The van der Waals surface area contributed by atoms with E-state index in [1.54, 1.807) is 11.8 Å². The molecule has 1 N–H and O–H groups in total. The van der Waals surface area contributed by atoms with Crippen LogP contribution in [0.5, 0.6) is 0 Å². The maximum Gasteiger partial charge on any atom is 0.332 e. The Kier molecular flexibility index (Phi) is 4.16. The first-order valence-electron chi connectivity index (χ1n) is 6.63. The highest BCUT2D eigenvalue weighted by molar-refractivity contribution is 5.53. The van der Waals surface area contributed by atoms with E-state index in [9.17, 15) is 20.0 Å². The fourth-order valence-electron chi connectivity index (χ4n) is 2.46. The predicted octanol–water partition coefficient (Wildman–Crippen LogP) is -1.46. The molecule has 0 spiro atoms. The Morgan fingerprint density at radius 3 is 2.62 bits per heavy atom. The van der Waals surface area contributed by atoms with Crippen LogP contribution in [0.3, 0.4) is 0 Å². The summed E-state index contributed by atoms with van der Waals surface area (Å²) in [4.78, 5) is 25.9. The highest BCUT2D eigenvalue weighted by Crippen LogP contribution is 2.19. The van der Waals surface area contributed by atoms with E-state index in [1.807, 2.05) is 6.07 Å². The number of aliphatic hydroxyl groups excluding tert-OH is 1. The molecule has 1 aliphatic rings. The van der Waals surface area contributed by atoms with Gasteiger partial charge in [-0.05, 0) is 6.92 Å². The first kappa shape index (κ1) is 15.3. The number of aliphatic hydroxyl groups is 1. The van der Waals surface area contributed by atoms with Gasteiger partial charge in [-0.15, -0.1) is 0 Å². The second kappa shape index (κ2) is 5.71. The van der Waals surface area contributed by atoms with Gasteiger partial charge in [-0.2, -0.15) is 5.26 Å². The monoisotopic (exact) mass is 294 g/mol. The van der Waals surface area contributed by atoms with Crippen molar-refractivity contribution in [2.45, 2.75) is 19.1 Å². The van der Waals surface area contributed by atoms with Crippen LogP contribution in [0.4, 0.5) is 5.82 Å². The van der Waals surface area contributed by atoms with Crippen LogP contribution in [0.2, 0.25) is 0 Å². The summed E-state index contributed by atoms with van der Waals surface area (Å²) in [5.41, 5.74) is -1.18. The Bertz CT molecular complexity index is 698. The third kappa shape index (κ3) is 2.57. The largest absolute Gasteiger partial charge is 0.391 e. The molecule has 2 heterocycles. The Morgan fingerprint density at radius 2 is 2.05 bits per heavy atom. The standard InChI is InChI=1S/C13H18N4O4/c1-8(18)10-7-17(4-5-21-10)11-9(6-14)12(19)16(3)13(20)15(11)2/h8,10,18H,4-5,7H2,1-3H3. The molecular formula is C13H18N4O4. The van der Waals surface area contributed by atoms with Crippen molar-refractivity contribution in [3.63, 3.8) is 0 Å². The van der Waals surface area contributed by atoms with Gasteiger partial charge in [0.25, 0.3) is 5.56 Å². The van der Waals surface area contributed by atoms with Gasteiger partial charge in [0.1, 0.15) is 18.0 Å². The fraction of sp³-hybridized carbons (Fsp3) is 0.615. The van der Waals surface area contributed by atoms with Crippen LogP contribution in [0.25, 0.3) is 0 Å². The zero-order chi connectivity index (χ0) is 15.7. The summed E-state index contributed by atoms with van der Waals surface area (Å²) in [6.07, 6.45) is -1.11. The lowest BCUT2D eigenvalue weighted by molar-refractivity contribution is -0.0367. The molecule has 0 saturated carbocycles. The third-order valence-corrected chi connectivity index (χ3v) is 3.68. The molecule has 0 aliphatic carbocycles. The quantitative estimate of drug-likeness (QED) is 0.715. The Morgan fingerprint density at radius 1 is 1.38 bits per heavy atom. The van der Waals surface area contributed by atoms with Crippen LogP contribution >= 0.6 is 0 Å². The Balaban J connectivity index is 2.56. The minimum absolute atomic E-state index is 0.0779. The molecule has 2 rings (SSSR count). The molecule has 114 valence electrons. The normalized spacial score (nSPS) is 20.1. The number of nitrogens with zero attached hydrogens (tertiary/aromatic N) is 4. The van der Waals surface area contributed by atoms with E-state index in [0.717, 1.165) is 4.57 Å². The molecule has 1 saturated heterocycles. The SMILES string of the molecule is CC(O)C1CN(c2c(C#N)c(=O)n(C)c(=O)n2C)CCO1. The molecule has 21 heavy (non-hydrogen) atoms. The van der Waals surface area contributed by atoms with Gasteiger partial charge in [-0.1, -0.05) is 0 Å². The molecule has 2 atom stereocenters. The van der Waals surface area contributed by atoms with E-state index >= 15 is 0 Å². The third-order valence-electron chi connectivity index (χ3n) is 3.68. The lowest BCUT2D eigenvalue weighted by Crippen LogP contribution is -2.50. The molecule has 8 nitrogen and oxygen atoms in total. The van der Waals surface area contributed by atoms with Crippen LogP contribution in [0.1, 0.15) is 12.5 Å². The number of hydrogen-bond acceptors (Lipinski definition) is 6. The molecule has 0 aromatic carbocycles. The molecule has 8 heteroatoms. The minimum Gasteiger partial charge on any atom is -0.391 e. The Labute approximate surface area is 121 Å². The number of rotatable bonds is 2. The van der Waals surface area contributed by atoms with Crippen molar-refractivity contribution in [3.05, 3.63) is 26.4 Å². The first-order valence-corrected chi connectivity index (χ1v) is 6.63. The van der Waals surface area contributed by atoms with Gasteiger partial charge in [0, 0.05) is 27.2 Å². The van der Waals surface area contributed by atoms with Crippen LogP contribution in [0.15, 0.2) is 9.59 Å². The highest BCUT2D eigenvalue weighted by Gasteiger charge is 2.28. The first-order chi connectivity index (χ1) is 9.88. The Hall–Kier alpha value is -2.11. The molecule has 1 fully saturated rings. The van der Waals surface area contributed by atoms with Crippen LogP contribution in [0, 0.1) is 11.3 Å². The number of ether oxygens (including phenoxy) is 1. The van der Waals surface area contributed by atoms with E-state index in [0.29, 0.717) is 19.7 Å². The smallest absolute Gasteiger partial charge is 0.332 e. The summed E-state index contributed by atoms with van der Waals surface area (Å²) >= 11 is 0. The average molecular weight is 294 g/mol. The van der Waals surface area contributed by atoms with E-state index in [1.165, 1.54) is 18.7 Å². The summed E-state index contributed by atoms with van der Waals surface area (Å²) in [6, 6.07) is 1.88. The van der Waals surface area contributed by atoms with E-state index in [2.05, 4.69) is 0 Å². The van der Waals surface area contributed by atoms with Gasteiger partial charge in [-0.3, -0.25) is 13.9 Å². The number of aromatic nitrogens is 2. The van der Waals surface area contributed by atoms with E-state index < -0.39 is 23.5 Å². The number of hydrogen-bond donors (Lipinski definition) is 1. The second-order valence-electron chi connectivity index (χ2n) is 5.11. The molecule has 1 aliphatic heterocycles. The molecule has 0 radical (unpaired) electrons. The topological polar surface area (TPSA) is 100 Å². The van der Waals surface area contributed by atoms with Gasteiger partial charge in [0.05, 0.1) is 12.7 Å². The van der Waals surface area contributed by atoms with Crippen molar-refractivity contribution >= 4 is 5.82 Å². The molecule has 1 aromatic heterocycles. The van der Waals surface area contributed by atoms with Gasteiger partial charge in [0.15, 0.2) is 5.56 Å². The summed E-state index contributed by atoms with van der Waals surface area (Å²) < 4.78 is 7.64. The van der Waals surface area contributed by atoms with E-state index in [-0.39, 0.29) is 11.4 Å². The van der Waals surface area contributed by atoms with Gasteiger partial charge in [-0.25, -0.2) is 4.79 Å². The average Bonchev–Trinajstić information content (AvgIpc) is 2.48. The van der Waals surface area contributed by atoms with Crippen molar-refractivity contribution in [2.75, 3.05) is 24.6 Å². The number of morpholine rings is 1. The predicted molar refractivity (Wildman–Crippen MR) is 75.3 cm³/mol. The number of anilines is 1. The molecular weight excluding hydrogens is 276 g/mol. The van der Waals surface area contributed by atoms with Crippen LogP contribution < -0.4 is 16.1 Å². The number of nitriles is 1. The molecule has 2 unspecified atom stereocenters. The maximum atomic E-state index is 12.1. The summed E-state index contributed by atoms with van der Waals surface area (Å²) in [7, 11) is 2.86. The summed E-state index contributed by atoms with van der Waals surface area (Å²) in [6.45, 7) is 2.72. The van der Waals surface area contributed by atoms with Crippen molar-refractivity contribution in [1.82, 2.24) is 9.13 Å². The van der Waals surface area contributed by atoms with Crippen molar-refractivity contribution in [2.24, 2.45) is 14.1 Å². The zero-order valence-electron chi connectivity index (χ0n) is 12.2. The lowest BCUT2D eigenvalue weighted by Gasteiger charge is -2.36. The van der Waals surface area contributed by atoms with Crippen molar-refractivity contribution in [1.29, 1.82) is 5.26 Å². The minimum atomic E-state index is -0.679. The molecule has 0 bridgehead atoms. The highest BCUT2D eigenvalue weighted by atomic mass is 16.5. The fourth-order valence-corrected chi connectivity index (χ4v) is 2.46. The summed E-state index contributed by atoms with van der Waals surface area (Å²) in [5.74, 6) is 0.277.